The number of carbonyl (C=O) groups is 1. The van der Waals surface area contributed by atoms with Gasteiger partial charge in [0.15, 0.2) is 0 Å². The van der Waals surface area contributed by atoms with E-state index in [0.717, 1.165) is 10.6 Å². The van der Waals surface area contributed by atoms with Gasteiger partial charge in [0.05, 0.1) is 19.4 Å². The van der Waals surface area contributed by atoms with Crippen LogP contribution in [-0.2, 0) is 0 Å². The number of primary amides is 1. The molecule has 15 heavy (non-hydrogen) atoms. The van der Waals surface area contributed by atoms with Crippen LogP contribution in [0.4, 0.5) is 4.79 Å². The minimum Gasteiger partial charge on any atom is -0.394 e. The van der Waals surface area contributed by atoms with Crippen molar-refractivity contribution in [3.8, 4) is 0 Å². The smallest absolute Gasteiger partial charge is 0.335 e. The largest absolute Gasteiger partial charge is 0.394 e. The van der Waals surface area contributed by atoms with Gasteiger partial charge in [-0.2, -0.15) is 5.10 Å². The molecule has 0 atom stereocenters. The van der Waals surface area contributed by atoms with Crippen LogP contribution in [0.15, 0.2) is 35.4 Å². The van der Waals surface area contributed by atoms with Crippen LogP contribution in [0.25, 0.3) is 0 Å². The summed E-state index contributed by atoms with van der Waals surface area (Å²) in [5.74, 6) is 0. The van der Waals surface area contributed by atoms with Gasteiger partial charge >= 0.3 is 6.03 Å². The number of aliphatic hydroxyl groups is 1. The van der Waals surface area contributed by atoms with Crippen LogP contribution < -0.4 is 5.73 Å². The molecule has 1 aromatic carbocycles. The molecule has 0 fully saturated rings. The van der Waals surface area contributed by atoms with Crippen molar-refractivity contribution in [1.82, 2.24) is 5.01 Å². The summed E-state index contributed by atoms with van der Waals surface area (Å²) < 4.78 is 0. The molecule has 1 aromatic rings. The van der Waals surface area contributed by atoms with Gasteiger partial charge in [0, 0.05) is 0 Å². The van der Waals surface area contributed by atoms with Gasteiger partial charge in [0.25, 0.3) is 0 Å². The summed E-state index contributed by atoms with van der Waals surface area (Å²) in [6, 6.07) is 8.63. The third kappa shape index (κ3) is 3.78. The van der Waals surface area contributed by atoms with Crippen LogP contribution >= 0.6 is 0 Å². The van der Waals surface area contributed by atoms with Crippen LogP contribution in [0.3, 0.4) is 0 Å². The average molecular weight is 207 g/mol. The minimum absolute atomic E-state index is 0.0959. The average Bonchev–Trinajstić information content (AvgIpc) is 2.25. The lowest BCUT2D eigenvalue weighted by Gasteiger charge is -2.11. The van der Waals surface area contributed by atoms with E-state index in [1.165, 1.54) is 6.21 Å². The molecule has 0 aliphatic rings. The molecule has 0 saturated carbocycles. The maximum absolute atomic E-state index is 10.8. The SMILES string of the molecule is NC(=O)N(CCO)N=Cc1ccccc1. The molecule has 0 aliphatic heterocycles. The lowest BCUT2D eigenvalue weighted by Crippen LogP contribution is -2.33. The molecule has 0 radical (unpaired) electrons. The van der Waals surface area contributed by atoms with Crippen molar-refractivity contribution in [2.45, 2.75) is 0 Å². The third-order valence-electron chi connectivity index (χ3n) is 1.71. The van der Waals surface area contributed by atoms with Crippen molar-refractivity contribution in [3.05, 3.63) is 35.9 Å². The monoisotopic (exact) mass is 207 g/mol. The van der Waals surface area contributed by atoms with E-state index >= 15 is 0 Å². The Morgan fingerprint density at radius 3 is 2.67 bits per heavy atom. The van der Waals surface area contributed by atoms with Crippen molar-refractivity contribution in [1.29, 1.82) is 0 Å². The molecule has 2 amide bonds. The maximum atomic E-state index is 10.8. The summed E-state index contributed by atoms with van der Waals surface area (Å²) in [5, 5.41) is 13.5. The Kier molecular flexibility index (Phi) is 4.30. The van der Waals surface area contributed by atoms with Crippen LogP contribution in [0, 0.1) is 0 Å². The Morgan fingerprint density at radius 2 is 2.13 bits per heavy atom. The molecule has 5 nitrogen and oxygen atoms in total. The standard InChI is InChI=1S/C10H13N3O2/c11-10(15)13(6-7-14)12-8-9-4-2-1-3-5-9/h1-5,8,14H,6-7H2,(H2,11,15). The van der Waals surface area contributed by atoms with E-state index in [9.17, 15) is 4.79 Å². The second-order valence-electron chi connectivity index (χ2n) is 2.84. The van der Waals surface area contributed by atoms with E-state index in [4.69, 9.17) is 10.8 Å². The van der Waals surface area contributed by atoms with Gasteiger partial charge in [-0.25, -0.2) is 9.80 Å². The first kappa shape index (κ1) is 11.2. The Bertz CT molecular complexity index is 338. The number of hydrogen-bond acceptors (Lipinski definition) is 3. The van der Waals surface area contributed by atoms with E-state index in [2.05, 4.69) is 5.10 Å². The first-order valence-electron chi connectivity index (χ1n) is 4.51. The van der Waals surface area contributed by atoms with E-state index < -0.39 is 6.03 Å². The van der Waals surface area contributed by atoms with Crippen molar-refractivity contribution >= 4 is 12.2 Å². The van der Waals surface area contributed by atoms with E-state index in [1.807, 2.05) is 30.3 Å². The Morgan fingerprint density at radius 1 is 1.47 bits per heavy atom. The summed E-state index contributed by atoms with van der Waals surface area (Å²) in [6.45, 7) is -0.0757. The molecule has 5 heteroatoms. The fourth-order valence-corrected chi connectivity index (χ4v) is 0.995. The maximum Gasteiger partial charge on any atom is 0.335 e. The molecule has 80 valence electrons. The van der Waals surface area contributed by atoms with Crippen molar-refractivity contribution in [2.24, 2.45) is 10.8 Å². The Labute approximate surface area is 87.8 Å². The number of nitrogens with zero attached hydrogens (tertiary/aromatic N) is 2. The van der Waals surface area contributed by atoms with Crippen LogP contribution in [0.5, 0.6) is 0 Å². The summed E-state index contributed by atoms with van der Waals surface area (Å²) in [5.41, 5.74) is 5.91. The molecule has 1 rings (SSSR count). The van der Waals surface area contributed by atoms with E-state index in [0.29, 0.717) is 0 Å². The zero-order valence-corrected chi connectivity index (χ0v) is 8.21. The van der Waals surface area contributed by atoms with Gasteiger partial charge < -0.3 is 10.8 Å². The predicted molar refractivity (Wildman–Crippen MR) is 57.4 cm³/mol. The van der Waals surface area contributed by atoms with Gasteiger partial charge in [0.2, 0.25) is 0 Å². The van der Waals surface area contributed by atoms with Crippen LogP contribution in [-0.4, -0.2) is 35.5 Å². The number of benzene rings is 1. The van der Waals surface area contributed by atoms with Crippen molar-refractivity contribution in [3.63, 3.8) is 0 Å². The highest BCUT2D eigenvalue weighted by Crippen LogP contribution is 1.95. The topological polar surface area (TPSA) is 78.9 Å². The van der Waals surface area contributed by atoms with Gasteiger partial charge in [-0.15, -0.1) is 0 Å². The van der Waals surface area contributed by atoms with E-state index in [-0.39, 0.29) is 13.2 Å². The quantitative estimate of drug-likeness (QED) is 0.553. The fourth-order valence-electron chi connectivity index (χ4n) is 0.995. The molecule has 3 N–H and O–H groups in total. The van der Waals surface area contributed by atoms with E-state index in [1.54, 1.807) is 0 Å². The molecule has 0 aromatic heterocycles. The predicted octanol–water partition coefficient (Wildman–Crippen LogP) is 0.394. The molecule has 0 heterocycles. The fraction of sp³-hybridized carbons (Fsp3) is 0.200. The third-order valence-corrected chi connectivity index (χ3v) is 1.71. The molecule has 0 bridgehead atoms. The highest BCUT2D eigenvalue weighted by Gasteiger charge is 2.04. The van der Waals surface area contributed by atoms with Crippen LogP contribution in [0.2, 0.25) is 0 Å². The van der Waals surface area contributed by atoms with Gasteiger partial charge in [-0.3, -0.25) is 0 Å². The molecule has 0 aliphatic carbocycles. The zero-order valence-electron chi connectivity index (χ0n) is 8.21. The minimum atomic E-state index is -0.684. The molecule has 0 saturated heterocycles. The number of rotatable bonds is 4. The highest BCUT2D eigenvalue weighted by molar-refractivity contribution is 5.81. The number of hydrazone groups is 1. The Balaban J connectivity index is 2.65. The summed E-state index contributed by atoms with van der Waals surface area (Å²) in [6.07, 6.45) is 1.51. The molecule has 0 unspecified atom stereocenters. The lowest BCUT2D eigenvalue weighted by atomic mass is 10.2. The second kappa shape index (κ2) is 5.77. The molecule has 0 spiro atoms. The first-order chi connectivity index (χ1) is 7.24. The number of amides is 2. The van der Waals surface area contributed by atoms with Gasteiger partial charge in [-0.05, 0) is 5.56 Å². The van der Waals surface area contributed by atoms with Crippen molar-refractivity contribution in [2.75, 3.05) is 13.2 Å². The van der Waals surface area contributed by atoms with Crippen molar-refractivity contribution < 1.29 is 9.90 Å². The summed E-state index contributed by atoms with van der Waals surface area (Å²) >= 11 is 0. The second-order valence-corrected chi connectivity index (χ2v) is 2.84. The summed E-state index contributed by atoms with van der Waals surface area (Å²) in [7, 11) is 0. The number of carbonyl (C=O) groups excluding carboxylic acids is 1. The number of hydrogen-bond donors (Lipinski definition) is 2. The number of urea groups is 1. The zero-order chi connectivity index (χ0) is 11.1. The summed E-state index contributed by atoms with van der Waals surface area (Å²) in [4.78, 5) is 10.8. The normalized spacial score (nSPS) is 10.5. The first-order valence-corrected chi connectivity index (χ1v) is 4.51. The number of nitrogens with two attached hydrogens (primary N) is 1. The van der Waals surface area contributed by atoms with Crippen LogP contribution in [0.1, 0.15) is 5.56 Å². The highest BCUT2D eigenvalue weighted by atomic mass is 16.3. The Hall–Kier alpha value is -1.88. The number of aliphatic hydroxyl groups excluding tert-OH is 1. The lowest BCUT2D eigenvalue weighted by molar-refractivity contribution is 0.188. The molecular weight excluding hydrogens is 194 g/mol. The van der Waals surface area contributed by atoms with Gasteiger partial charge in [0.1, 0.15) is 0 Å². The molecular formula is C10H13N3O2. The van der Waals surface area contributed by atoms with Gasteiger partial charge in [-0.1, -0.05) is 30.3 Å².